The highest BCUT2D eigenvalue weighted by Crippen LogP contribution is 2.10. The standard InChI is InChI=1S/C11H13FN4/c1-16-11(7-13)14-10(15-16)6-8-4-2-3-5-9(8)12/h2-5H,6-7,13H2,1H3. The smallest absolute Gasteiger partial charge is 0.155 e. The summed E-state index contributed by atoms with van der Waals surface area (Å²) in [5.41, 5.74) is 6.08. The number of nitrogens with two attached hydrogens (primary N) is 1. The maximum Gasteiger partial charge on any atom is 0.155 e. The lowest BCUT2D eigenvalue weighted by Gasteiger charge is -1.98. The van der Waals surface area contributed by atoms with E-state index >= 15 is 0 Å². The first-order chi connectivity index (χ1) is 7.70. The summed E-state index contributed by atoms with van der Waals surface area (Å²) < 4.78 is 15.0. The van der Waals surface area contributed by atoms with Crippen LogP contribution in [0.15, 0.2) is 24.3 Å². The second-order valence-electron chi connectivity index (χ2n) is 3.54. The fourth-order valence-electron chi connectivity index (χ4n) is 1.54. The van der Waals surface area contributed by atoms with Gasteiger partial charge < -0.3 is 5.73 Å². The van der Waals surface area contributed by atoms with Gasteiger partial charge in [0.15, 0.2) is 5.82 Å². The van der Waals surface area contributed by atoms with Gasteiger partial charge in [-0.2, -0.15) is 5.10 Å². The molecule has 0 bridgehead atoms. The van der Waals surface area contributed by atoms with E-state index in [0.717, 1.165) is 0 Å². The lowest BCUT2D eigenvalue weighted by Crippen LogP contribution is -2.05. The molecule has 0 aliphatic rings. The molecule has 5 heteroatoms. The second-order valence-corrected chi connectivity index (χ2v) is 3.54. The Bertz CT molecular complexity index is 492. The number of aryl methyl sites for hydroxylation is 1. The van der Waals surface area contributed by atoms with E-state index in [1.807, 2.05) is 0 Å². The van der Waals surface area contributed by atoms with Crippen molar-refractivity contribution in [1.29, 1.82) is 0 Å². The number of benzene rings is 1. The third-order valence-corrected chi connectivity index (χ3v) is 2.39. The minimum Gasteiger partial charge on any atom is -0.324 e. The highest BCUT2D eigenvalue weighted by molar-refractivity contribution is 5.20. The van der Waals surface area contributed by atoms with Crippen LogP contribution in [0.25, 0.3) is 0 Å². The molecule has 0 unspecified atom stereocenters. The Morgan fingerprint density at radius 2 is 2.12 bits per heavy atom. The van der Waals surface area contributed by atoms with Crippen LogP contribution < -0.4 is 5.73 Å². The van der Waals surface area contributed by atoms with Crippen molar-refractivity contribution in [2.24, 2.45) is 12.8 Å². The van der Waals surface area contributed by atoms with E-state index in [2.05, 4.69) is 10.1 Å². The summed E-state index contributed by atoms with van der Waals surface area (Å²) in [7, 11) is 1.78. The number of halogens is 1. The average molecular weight is 220 g/mol. The molecule has 0 amide bonds. The molecule has 0 saturated heterocycles. The fraction of sp³-hybridized carbons (Fsp3) is 0.273. The predicted molar refractivity (Wildman–Crippen MR) is 58.1 cm³/mol. The van der Waals surface area contributed by atoms with Gasteiger partial charge in [0.1, 0.15) is 11.6 Å². The minimum absolute atomic E-state index is 0.232. The molecule has 0 radical (unpaired) electrons. The van der Waals surface area contributed by atoms with Crippen LogP contribution in [0.3, 0.4) is 0 Å². The molecule has 0 fully saturated rings. The molecule has 0 spiro atoms. The largest absolute Gasteiger partial charge is 0.324 e. The second kappa shape index (κ2) is 4.40. The topological polar surface area (TPSA) is 56.7 Å². The van der Waals surface area contributed by atoms with Crippen molar-refractivity contribution >= 4 is 0 Å². The third-order valence-electron chi connectivity index (χ3n) is 2.39. The molecular weight excluding hydrogens is 207 g/mol. The molecule has 0 atom stereocenters. The van der Waals surface area contributed by atoms with Crippen LogP contribution in [0.5, 0.6) is 0 Å². The van der Waals surface area contributed by atoms with Crippen LogP contribution in [-0.2, 0) is 20.0 Å². The lowest BCUT2D eigenvalue weighted by atomic mass is 10.1. The number of nitrogens with zero attached hydrogens (tertiary/aromatic N) is 3. The summed E-state index contributed by atoms with van der Waals surface area (Å²) in [5.74, 6) is 1.06. The van der Waals surface area contributed by atoms with Gasteiger partial charge in [-0.3, -0.25) is 4.68 Å². The highest BCUT2D eigenvalue weighted by atomic mass is 19.1. The van der Waals surface area contributed by atoms with E-state index in [-0.39, 0.29) is 5.82 Å². The molecule has 84 valence electrons. The zero-order valence-corrected chi connectivity index (χ0v) is 9.02. The van der Waals surface area contributed by atoms with Gasteiger partial charge in [-0.05, 0) is 11.6 Å². The summed E-state index contributed by atoms with van der Waals surface area (Å²) in [4.78, 5) is 4.22. The van der Waals surface area contributed by atoms with Crippen LogP contribution in [0, 0.1) is 5.82 Å². The van der Waals surface area contributed by atoms with Crippen LogP contribution in [0.1, 0.15) is 17.2 Å². The molecule has 2 N–H and O–H groups in total. The van der Waals surface area contributed by atoms with E-state index in [0.29, 0.717) is 30.2 Å². The fourth-order valence-corrected chi connectivity index (χ4v) is 1.54. The lowest BCUT2D eigenvalue weighted by molar-refractivity contribution is 0.611. The Morgan fingerprint density at radius 1 is 1.38 bits per heavy atom. The quantitative estimate of drug-likeness (QED) is 0.839. The van der Waals surface area contributed by atoms with Crippen molar-refractivity contribution in [2.45, 2.75) is 13.0 Å². The van der Waals surface area contributed by atoms with Crippen molar-refractivity contribution in [1.82, 2.24) is 14.8 Å². The van der Waals surface area contributed by atoms with Crippen molar-refractivity contribution < 1.29 is 4.39 Å². The number of hydrogen-bond acceptors (Lipinski definition) is 3. The highest BCUT2D eigenvalue weighted by Gasteiger charge is 2.08. The predicted octanol–water partition coefficient (Wildman–Crippen LogP) is 1.00. The SMILES string of the molecule is Cn1nc(Cc2ccccc2F)nc1CN. The van der Waals surface area contributed by atoms with Crippen molar-refractivity contribution in [3.8, 4) is 0 Å². The normalized spacial score (nSPS) is 10.7. The molecule has 0 aliphatic carbocycles. The van der Waals surface area contributed by atoms with Crippen molar-refractivity contribution in [2.75, 3.05) is 0 Å². The van der Waals surface area contributed by atoms with Crippen LogP contribution in [-0.4, -0.2) is 14.8 Å². The first kappa shape index (κ1) is 10.8. The van der Waals surface area contributed by atoms with E-state index < -0.39 is 0 Å². The van der Waals surface area contributed by atoms with Gasteiger partial charge in [-0.25, -0.2) is 9.37 Å². The number of rotatable bonds is 3. The maximum atomic E-state index is 13.4. The summed E-state index contributed by atoms with van der Waals surface area (Å²) in [6, 6.07) is 6.62. The van der Waals surface area contributed by atoms with Crippen molar-refractivity contribution in [3.63, 3.8) is 0 Å². The van der Waals surface area contributed by atoms with E-state index in [9.17, 15) is 4.39 Å². The number of aromatic nitrogens is 3. The maximum absolute atomic E-state index is 13.4. The summed E-state index contributed by atoms with van der Waals surface area (Å²) in [6.45, 7) is 0.334. The summed E-state index contributed by atoms with van der Waals surface area (Å²) >= 11 is 0. The molecule has 0 aliphatic heterocycles. The molecule has 2 aromatic rings. The van der Waals surface area contributed by atoms with Gasteiger partial charge in [0, 0.05) is 13.5 Å². The minimum atomic E-state index is -0.232. The van der Waals surface area contributed by atoms with Gasteiger partial charge in [-0.1, -0.05) is 18.2 Å². The molecule has 1 aromatic heterocycles. The Morgan fingerprint density at radius 3 is 2.75 bits per heavy atom. The van der Waals surface area contributed by atoms with Gasteiger partial charge in [0.05, 0.1) is 6.54 Å². The first-order valence-electron chi connectivity index (χ1n) is 5.03. The number of hydrogen-bond donors (Lipinski definition) is 1. The van der Waals surface area contributed by atoms with Gasteiger partial charge in [0.25, 0.3) is 0 Å². The molecular formula is C11H13FN4. The van der Waals surface area contributed by atoms with E-state index in [4.69, 9.17) is 5.73 Å². The molecule has 2 rings (SSSR count). The van der Waals surface area contributed by atoms with Gasteiger partial charge in [0.2, 0.25) is 0 Å². The summed E-state index contributed by atoms with van der Waals surface area (Å²) in [6.07, 6.45) is 0.389. The molecule has 16 heavy (non-hydrogen) atoms. The third kappa shape index (κ3) is 2.09. The Labute approximate surface area is 92.9 Å². The summed E-state index contributed by atoms with van der Waals surface area (Å²) in [5, 5.41) is 4.18. The van der Waals surface area contributed by atoms with Crippen LogP contribution in [0.4, 0.5) is 4.39 Å². The van der Waals surface area contributed by atoms with Crippen molar-refractivity contribution in [3.05, 3.63) is 47.3 Å². The molecule has 1 heterocycles. The van der Waals surface area contributed by atoms with E-state index in [1.54, 1.807) is 29.9 Å². The molecule has 4 nitrogen and oxygen atoms in total. The zero-order valence-electron chi connectivity index (χ0n) is 9.02. The van der Waals surface area contributed by atoms with Crippen LogP contribution in [0.2, 0.25) is 0 Å². The Kier molecular flexibility index (Phi) is 2.96. The average Bonchev–Trinajstić information content (AvgIpc) is 2.62. The Hall–Kier alpha value is -1.75. The van der Waals surface area contributed by atoms with Gasteiger partial charge >= 0.3 is 0 Å². The Balaban J connectivity index is 2.24. The monoisotopic (exact) mass is 220 g/mol. The first-order valence-corrected chi connectivity index (χ1v) is 5.03. The van der Waals surface area contributed by atoms with Gasteiger partial charge in [-0.15, -0.1) is 0 Å². The molecule has 1 aromatic carbocycles. The zero-order chi connectivity index (χ0) is 11.5. The molecule has 0 saturated carbocycles. The van der Waals surface area contributed by atoms with E-state index in [1.165, 1.54) is 6.07 Å². The van der Waals surface area contributed by atoms with Crippen LogP contribution >= 0.6 is 0 Å².